The zero-order chi connectivity index (χ0) is 11.0. The molecule has 3 nitrogen and oxygen atoms in total. The first-order valence-electron chi connectivity index (χ1n) is 6.43. The maximum atomic E-state index is 4.67. The fourth-order valence-corrected chi connectivity index (χ4v) is 2.50. The second kappa shape index (κ2) is 4.04. The summed E-state index contributed by atoms with van der Waals surface area (Å²) in [6.45, 7) is 2.07. The van der Waals surface area contributed by atoms with Crippen LogP contribution in [-0.2, 0) is 0 Å². The topological polar surface area (TPSA) is 37.8 Å². The van der Waals surface area contributed by atoms with E-state index < -0.39 is 0 Å². The molecule has 0 atom stereocenters. The first-order valence-corrected chi connectivity index (χ1v) is 6.43. The third-order valence-electron chi connectivity index (χ3n) is 3.56. The molecule has 0 aromatic carbocycles. The molecule has 1 aromatic heterocycles. The normalized spacial score (nSPS) is 21.3. The van der Waals surface area contributed by atoms with Crippen LogP contribution in [-0.4, -0.2) is 16.0 Å². The Morgan fingerprint density at radius 2 is 1.88 bits per heavy atom. The number of hydrogen-bond donors (Lipinski definition) is 1. The Hall–Kier alpha value is -1.12. The van der Waals surface area contributed by atoms with Gasteiger partial charge < -0.3 is 5.32 Å². The van der Waals surface area contributed by atoms with Crippen LogP contribution in [0.1, 0.15) is 55.8 Å². The van der Waals surface area contributed by atoms with Crippen LogP contribution in [0.4, 0.5) is 5.95 Å². The molecule has 0 saturated heterocycles. The monoisotopic (exact) mass is 217 g/mol. The predicted molar refractivity (Wildman–Crippen MR) is 64.6 cm³/mol. The first kappa shape index (κ1) is 10.1. The van der Waals surface area contributed by atoms with Crippen LogP contribution in [0.15, 0.2) is 6.07 Å². The molecule has 0 amide bonds. The van der Waals surface area contributed by atoms with Crippen molar-refractivity contribution < 1.29 is 0 Å². The molecule has 1 heterocycles. The molecule has 16 heavy (non-hydrogen) atoms. The van der Waals surface area contributed by atoms with E-state index in [4.69, 9.17) is 0 Å². The van der Waals surface area contributed by atoms with Crippen molar-refractivity contribution in [2.75, 3.05) is 5.32 Å². The molecule has 1 N–H and O–H groups in total. The lowest BCUT2D eigenvalue weighted by Crippen LogP contribution is -2.09. The van der Waals surface area contributed by atoms with Gasteiger partial charge in [0.2, 0.25) is 5.95 Å². The molecule has 3 heteroatoms. The fourth-order valence-electron chi connectivity index (χ4n) is 2.50. The van der Waals surface area contributed by atoms with E-state index in [2.05, 4.69) is 28.3 Å². The van der Waals surface area contributed by atoms with E-state index in [0.29, 0.717) is 12.0 Å². The molecule has 0 bridgehead atoms. The zero-order valence-corrected chi connectivity index (χ0v) is 9.87. The average Bonchev–Trinajstić information content (AvgIpc) is 2.90. The lowest BCUT2D eigenvalue weighted by atomic mass is 10.0. The minimum Gasteiger partial charge on any atom is -0.351 e. The molecule has 0 radical (unpaired) electrons. The van der Waals surface area contributed by atoms with Crippen molar-refractivity contribution in [3.63, 3.8) is 0 Å². The van der Waals surface area contributed by atoms with Crippen molar-refractivity contribution in [3.05, 3.63) is 17.5 Å². The summed E-state index contributed by atoms with van der Waals surface area (Å²) in [7, 11) is 0. The number of nitrogens with one attached hydrogen (secondary N) is 1. The Morgan fingerprint density at radius 1 is 1.12 bits per heavy atom. The molecule has 0 spiro atoms. The minimum atomic E-state index is 0.637. The molecule has 0 unspecified atom stereocenters. The van der Waals surface area contributed by atoms with E-state index >= 15 is 0 Å². The summed E-state index contributed by atoms with van der Waals surface area (Å²) < 4.78 is 0. The molecular weight excluding hydrogens is 198 g/mol. The SMILES string of the molecule is Cc1cc(C2CCCC2)nc(NC2CC2)n1. The van der Waals surface area contributed by atoms with Gasteiger partial charge in [0.25, 0.3) is 0 Å². The summed E-state index contributed by atoms with van der Waals surface area (Å²) in [5, 5.41) is 3.40. The van der Waals surface area contributed by atoms with E-state index in [0.717, 1.165) is 11.6 Å². The Kier molecular flexibility index (Phi) is 2.54. The Balaban J connectivity index is 1.82. The second-order valence-corrected chi connectivity index (χ2v) is 5.16. The molecule has 2 aliphatic rings. The molecule has 86 valence electrons. The van der Waals surface area contributed by atoms with Crippen LogP contribution in [0.2, 0.25) is 0 Å². The Morgan fingerprint density at radius 3 is 2.56 bits per heavy atom. The van der Waals surface area contributed by atoms with Crippen molar-refractivity contribution in [2.45, 2.75) is 57.4 Å². The molecule has 3 rings (SSSR count). The van der Waals surface area contributed by atoms with Gasteiger partial charge in [0.05, 0.1) is 0 Å². The Labute approximate surface area is 96.7 Å². The highest BCUT2D eigenvalue weighted by molar-refractivity contribution is 5.32. The number of aryl methyl sites for hydroxylation is 1. The van der Waals surface area contributed by atoms with Gasteiger partial charge in [-0.3, -0.25) is 0 Å². The van der Waals surface area contributed by atoms with Gasteiger partial charge in [-0.15, -0.1) is 0 Å². The van der Waals surface area contributed by atoms with Crippen LogP contribution in [0.3, 0.4) is 0 Å². The van der Waals surface area contributed by atoms with Gasteiger partial charge in [-0.2, -0.15) is 0 Å². The maximum absolute atomic E-state index is 4.67. The van der Waals surface area contributed by atoms with E-state index in [1.54, 1.807) is 0 Å². The summed E-state index contributed by atoms with van der Waals surface area (Å²) in [6, 6.07) is 2.80. The summed E-state index contributed by atoms with van der Waals surface area (Å²) >= 11 is 0. The fraction of sp³-hybridized carbons (Fsp3) is 0.692. The largest absolute Gasteiger partial charge is 0.351 e. The van der Waals surface area contributed by atoms with Crippen molar-refractivity contribution in [1.29, 1.82) is 0 Å². The molecule has 2 saturated carbocycles. The van der Waals surface area contributed by atoms with Gasteiger partial charge in [-0.1, -0.05) is 12.8 Å². The van der Waals surface area contributed by atoms with Crippen LogP contribution in [0, 0.1) is 6.92 Å². The number of hydrogen-bond acceptors (Lipinski definition) is 3. The van der Waals surface area contributed by atoms with E-state index in [9.17, 15) is 0 Å². The van der Waals surface area contributed by atoms with Crippen molar-refractivity contribution >= 4 is 5.95 Å². The van der Waals surface area contributed by atoms with Crippen molar-refractivity contribution in [2.24, 2.45) is 0 Å². The van der Waals surface area contributed by atoms with E-state index in [1.165, 1.54) is 44.2 Å². The molecule has 1 aromatic rings. The first-order chi connectivity index (χ1) is 7.81. The second-order valence-electron chi connectivity index (χ2n) is 5.16. The van der Waals surface area contributed by atoms with Crippen molar-refractivity contribution in [3.8, 4) is 0 Å². The number of aromatic nitrogens is 2. The molecule has 0 aliphatic heterocycles. The van der Waals surface area contributed by atoms with Gasteiger partial charge in [0, 0.05) is 23.3 Å². The summed E-state index contributed by atoms with van der Waals surface area (Å²) in [5.41, 5.74) is 2.35. The van der Waals surface area contributed by atoms with Gasteiger partial charge in [-0.25, -0.2) is 9.97 Å². The number of rotatable bonds is 3. The van der Waals surface area contributed by atoms with Gasteiger partial charge in [0.1, 0.15) is 0 Å². The highest BCUT2D eigenvalue weighted by Gasteiger charge is 2.23. The highest BCUT2D eigenvalue weighted by Crippen LogP contribution is 2.33. The van der Waals surface area contributed by atoms with Gasteiger partial charge in [0.15, 0.2) is 0 Å². The van der Waals surface area contributed by atoms with Gasteiger partial charge in [-0.05, 0) is 38.7 Å². The smallest absolute Gasteiger partial charge is 0.223 e. The lowest BCUT2D eigenvalue weighted by molar-refractivity contribution is 0.692. The van der Waals surface area contributed by atoms with E-state index in [-0.39, 0.29) is 0 Å². The number of anilines is 1. The van der Waals surface area contributed by atoms with Crippen LogP contribution >= 0.6 is 0 Å². The quantitative estimate of drug-likeness (QED) is 0.845. The van der Waals surface area contributed by atoms with Crippen LogP contribution < -0.4 is 5.32 Å². The average molecular weight is 217 g/mol. The lowest BCUT2D eigenvalue weighted by Gasteiger charge is -2.11. The highest BCUT2D eigenvalue weighted by atomic mass is 15.1. The van der Waals surface area contributed by atoms with Crippen molar-refractivity contribution in [1.82, 2.24) is 9.97 Å². The molecular formula is C13H19N3. The summed E-state index contributed by atoms with van der Waals surface area (Å²) in [4.78, 5) is 9.14. The van der Waals surface area contributed by atoms with Crippen LogP contribution in [0.25, 0.3) is 0 Å². The van der Waals surface area contributed by atoms with E-state index in [1.807, 2.05) is 0 Å². The molecule has 2 fully saturated rings. The summed E-state index contributed by atoms with van der Waals surface area (Å²) in [6.07, 6.45) is 7.88. The number of nitrogens with zero attached hydrogens (tertiary/aromatic N) is 2. The van der Waals surface area contributed by atoms with Gasteiger partial charge >= 0.3 is 0 Å². The third-order valence-corrected chi connectivity index (χ3v) is 3.56. The maximum Gasteiger partial charge on any atom is 0.223 e. The Bertz CT molecular complexity index is 379. The minimum absolute atomic E-state index is 0.637. The molecule has 2 aliphatic carbocycles. The summed E-state index contributed by atoms with van der Waals surface area (Å²) in [5.74, 6) is 1.53. The zero-order valence-electron chi connectivity index (χ0n) is 9.87. The standard InChI is InChI=1S/C13H19N3/c1-9-8-12(10-4-2-3-5-10)16-13(14-9)15-11-6-7-11/h8,10-11H,2-7H2,1H3,(H,14,15,16). The van der Waals surface area contributed by atoms with Crippen LogP contribution in [0.5, 0.6) is 0 Å². The predicted octanol–water partition coefficient (Wildman–Crippen LogP) is 3.02. The third kappa shape index (κ3) is 2.18.